The zero-order valence-electron chi connectivity index (χ0n) is 13.1. The van der Waals surface area contributed by atoms with Crippen LogP contribution >= 0.6 is 0 Å². The number of fused-ring (bicyclic) bond motifs is 1. The van der Waals surface area contributed by atoms with Crippen LogP contribution < -0.4 is 11.4 Å². The first-order chi connectivity index (χ1) is 11.7. The Hall–Kier alpha value is -2.82. The highest BCUT2D eigenvalue weighted by atomic mass is 16.2. The van der Waals surface area contributed by atoms with Gasteiger partial charge in [-0.1, -0.05) is 36.4 Å². The van der Waals surface area contributed by atoms with Crippen LogP contribution in [-0.2, 0) is 7.05 Å². The first-order valence-electron chi connectivity index (χ1n) is 8.28. The molecule has 2 aliphatic carbocycles. The highest BCUT2D eigenvalue weighted by molar-refractivity contribution is 5.84. The fourth-order valence-corrected chi connectivity index (χ4v) is 4.87. The zero-order valence-corrected chi connectivity index (χ0v) is 13.1. The molecular weight excluding hydrogens is 302 g/mol. The van der Waals surface area contributed by atoms with E-state index in [1.807, 2.05) is 12.1 Å². The fraction of sp³-hybridized carbons (Fsp3) is 0.263. The number of aromatic nitrogens is 3. The SMILES string of the molecule is Cn1c(=O)n2n(c1=O)[C@H]1c3cc4ccccc4cc3[C@H]2[C@H]2C=C[C@@H]21. The number of hydrogen-bond donors (Lipinski definition) is 0. The summed E-state index contributed by atoms with van der Waals surface area (Å²) in [5.41, 5.74) is 1.95. The molecule has 118 valence electrons. The summed E-state index contributed by atoms with van der Waals surface area (Å²) in [5.74, 6) is 0.617. The van der Waals surface area contributed by atoms with Gasteiger partial charge in [-0.3, -0.25) is 0 Å². The van der Waals surface area contributed by atoms with E-state index in [-0.39, 0.29) is 23.5 Å². The number of rotatable bonds is 0. The summed E-state index contributed by atoms with van der Waals surface area (Å²) < 4.78 is 4.61. The number of benzene rings is 2. The maximum atomic E-state index is 12.7. The third-order valence-corrected chi connectivity index (χ3v) is 6.04. The molecule has 0 saturated heterocycles. The molecule has 5 heteroatoms. The van der Waals surface area contributed by atoms with E-state index in [1.54, 1.807) is 16.4 Å². The van der Waals surface area contributed by atoms with E-state index in [4.69, 9.17) is 0 Å². The molecule has 5 nitrogen and oxygen atoms in total. The van der Waals surface area contributed by atoms with Gasteiger partial charge in [-0.25, -0.2) is 23.5 Å². The molecule has 0 spiro atoms. The van der Waals surface area contributed by atoms with E-state index in [1.165, 1.54) is 26.5 Å². The minimum atomic E-state index is -0.215. The fourth-order valence-electron chi connectivity index (χ4n) is 4.87. The second kappa shape index (κ2) is 3.80. The van der Waals surface area contributed by atoms with Crippen molar-refractivity contribution in [2.24, 2.45) is 18.9 Å². The lowest BCUT2D eigenvalue weighted by Crippen LogP contribution is -2.53. The molecule has 2 aromatic carbocycles. The molecule has 0 fully saturated rings. The Kier molecular flexibility index (Phi) is 1.99. The van der Waals surface area contributed by atoms with Gasteiger partial charge in [0, 0.05) is 18.9 Å². The molecule has 4 aliphatic rings. The topological polar surface area (TPSA) is 48.9 Å². The summed E-state index contributed by atoms with van der Waals surface area (Å²) >= 11 is 0. The van der Waals surface area contributed by atoms with Crippen LogP contribution in [0.15, 0.2) is 58.1 Å². The molecule has 0 N–H and O–H groups in total. The number of allylic oxidation sites excluding steroid dienone is 2. The lowest BCUT2D eigenvalue weighted by atomic mass is 9.62. The highest BCUT2D eigenvalue weighted by Gasteiger charge is 2.53. The highest BCUT2D eigenvalue weighted by Crippen LogP contribution is 2.56. The van der Waals surface area contributed by atoms with Gasteiger partial charge in [0.15, 0.2) is 0 Å². The van der Waals surface area contributed by atoms with Crippen molar-refractivity contribution >= 4 is 10.8 Å². The Bertz CT molecular complexity index is 1100. The zero-order chi connectivity index (χ0) is 16.2. The molecule has 3 heterocycles. The Morgan fingerprint density at radius 1 is 0.792 bits per heavy atom. The summed E-state index contributed by atoms with van der Waals surface area (Å²) in [6, 6.07) is 12.5. The Labute approximate surface area is 137 Å². The van der Waals surface area contributed by atoms with Crippen molar-refractivity contribution in [2.75, 3.05) is 0 Å². The number of nitrogens with zero attached hydrogens (tertiary/aromatic N) is 3. The molecule has 7 rings (SSSR count). The maximum Gasteiger partial charge on any atom is 0.347 e. The van der Waals surface area contributed by atoms with Crippen LogP contribution in [-0.4, -0.2) is 13.9 Å². The first-order valence-corrected chi connectivity index (χ1v) is 8.28. The summed E-state index contributed by atoms with van der Waals surface area (Å²) in [6.07, 6.45) is 4.38. The van der Waals surface area contributed by atoms with E-state index < -0.39 is 0 Å². The first kappa shape index (κ1) is 12.6. The van der Waals surface area contributed by atoms with Gasteiger partial charge in [-0.05, 0) is 34.0 Å². The van der Waals surface area contributed by atoms with E-state index in [0.717, 1.165) is 0 Å². The van der Waals surface area contributed by atoms with E-state index >= 15 is 0 Å². The van der Waals surface area contributed by atoms with Crippen molar-refractivity contribution in [2.45, 2.75) is 12.1 Å². The molecule has 24 heavy (non-hydrogen) atoms. The molecule has 0 amide bonds. The van der Waals surface area contributed by atoms with Gasteiger partial charge in [0.05, 0.1) is 12.1 Å². The van der Waals surface area contributed by atoms with Crippen LogP contribution in [0.2, 0.25) is 0 Å². The molecule has 4 atom stereocenters. The van der Waals surface area contributed by atoms with Crippen LogP contribution in [0.3, 0.4) is 0 Å². The van der Waals surface area contributed by atoms with Crippen molar-refractivity contribution in [3.05, 3.63) is 80.6 Å². The smallest absolute Gasteiger partial charge is 0.246 e. The largest absolute Gasteiger partial charge is 0.347 e. The average Bonchev–Trinajstić information content (AvgIpc) is 2.79. The van der Waals surface area contributed by atoms with E-state index in [0.29, 0.717) is 11.8 Å². The van der Waals surface area contributed by atoms with Crippen molar-refractivity contribution < 1.29 is 0 Å². The van der Waals surface area contributed by atoms with Crippen LogP contribution in [0.5, 0.6) is 0 Å². The predicted molar refractivity (Wildman–Crippen MR) is 90.3 cm³/mol. The van der Waals surface area contributed by atoms with Gasteiger partial charge < -0.3 is 0 Å². The molecule has 2 bridgehead atoms. The Balaban J connectivity index is 1.77. The molecular formula is C19H15N3O2. The van der Waals surface area contributed by atoms with Crippen molar-refractivity contribution in [3.63, 3.8) is 0 Å². The van der Waals surface area contributed by atoms with Crippen molar-refractivity contribution in [3.8, 4) is 0 Å². The molecule has 0 radical (unpaired) electrons. The monoisotopic (exact) mass is 317 g/mol. The van der Waals surface area contributed by atoms with E-state index in [2.05, 4.69) is 36.4 Å². The Morgan fingerprint density at radius 3 is 1.67 bits per heavy atom. The van der Waals surface area contributed by atoms with E-state index in [9.17, 15) is 9.59 Å². The van der Waals surface area contributed by atoms with Crippen molar-refractivity contribution in [1.29, 1.82) is 0 Å². The third kappa shape index (κ3) is 1.18. The molecule has 0 saturated carbocycles. The lowest BCUT2D eigenvalue weighted by molar-refractivity contribution is 0.123. The molecule has 3 aromatic rings. The average molecular weight is 317 g/mol. The van der Waals surface area contributed by atoms with Gasteiger partial charge in [0.25, 0.3) is 0 Å². The second-order valence-electron chi connectivity index (χ2n) is 7.07. The van der Waals surface area contributed by atoms with Gasteiger partial charge >= 0.3 is 11.4 Å². The van der Waals surface area contributed by atoms with Crippen LogP contribution in [0.1, 0.15) is 23.2 Å². The summed E-state index contributed by atoms with van der Waals surface area (Å²) in [4.78, 5) is 25.3. The van der Waals surface area contributed by atoms with Crippen LogP contribution in [0.4, 0.5) is 0 Å². The maximum absolute atomic E-state index is 12.7. The van der Waals surface area contributed by atoms with Crippen LogP contribution in [0.25, 0.3) is 10.8 Å². The standard InChI is InChI=1S/C19H15N3O2/c1-20-18(23)21-16-12-6-7-13(12)17(22(21)19(20)24)15-9-11-5-3-2-4-10(11)8-14(15)16/h2-9,12-13,16-17H,1H3/t12-,13-,16+,17+/m0/s1. The molecule has 2 aliphatic heterocycles. The Morgan fingerprint density at radius 2 is 1.25 bits per heavy atom. The quantitative estimate of drug-likeness (QED) is 0.594. The number of hydrogen-bond acceptors (Lipinski definition) is 2. The van der Waals surface area contributed by atoms with Crippen LogP contribution in [0, 0.1) is 11.8 Å². The van der Waals surface area contributed by atoms with Gasteiger partial charge in [-0.15, -0.1) is 0 Å². The second-order valence-corrected chi connectivity index (χ2v) is 7.07. The van der Waals surface area contributed by atoms with Crippen molar-refractivity contribution in [1.82, 2.24) is 13.9 Å². The molecule has 0 unspecified atom stereocenters. The normalized spacial score (nSPS) is 28.4. The third-order valence-electron chi connectivity index (χ3n) is 6.04. The molecule has 1 aromatic heterocycles. The predicted octanol–water partition coefficient (Wildman–Crippen LogP) is 1.81. The summed E-state index contributed by atoms with van der Waals surface area (Å²) in [5, 5.41) is 2.36. The minimum Gasteiger partial charge on any atom is -0.246 e. The minimum absolute atomic E-state index is 0.0778. The summed E-state index contributed by atoms with van der Waals surface area (Å²) in [6.45, 7) is 0. The summed E-state index contributed by atoms with van der Waals surface area (Å²) in [7, 11) is 1.57. The van der Waals surface area contributed by atoms with Gasteiger partial charge in [0.1, 0.15) is 0 Å². The lowest BCUT2D eigenvalue weighted by Gasteiger charge is -2.52. The van der Waals surface area contributed by atoms with Gasteiger partial charge in [0.2, 0.25) is 0 Å². The van der Waals surface area contributed by atoms with Gasteiger partial charge in [-0.2, -0.15) is 0 Å².